The molecule has 1 aliphatic rings. The van der Waals surface area contributed by atoms with Gasteiger partial charge in [0.25, 0.3) is 5.91 Å². The number of rotatable bonds is 4. The maximum absolute atomic E-state index is 11.9. The molecule has 0 aliphatic carbocycles. The van der Waals surface area contributed by atoms with E-state index in [0.717, 1.165) is 17.8 Å². The largest absolute Gasteiger partial charge is 0.872 e. The van der Waals surface area contributed by atoms with Gasteiger partial charge in [-0.05, 0) is 54.2 Å². The molecule has 1 amide bonds. The molecule has 0 spiro atoms. The molecule has 126 valence electrons. The van der Waals surface area contributed by atoms with E-state index in [-0.39, 0.29) is 17.2 Å². The van der Waals surface area contributed by atoms with Crippen molar-refractivity contribution in [3.63, 3.8) is 0 Å². The Kier molecular flexibility index (Phi) is 4.71. The zero-order valence-electron chi connectivity index (χ0n) is 12.6. The molecular weight excluding hydrogens is 344 g/mol. The molecule has 25 heavy (non-hydrogen) atoms. The Morgan fingerprint density at radius 3 is 2.88 bits per heavy atom. The smallest absolute Gasteiger partial charge is 0.335 e. The second-order valence-corrected chi connectivity index (χ2v) is 5.89. The van der Waals surface area contributed by atoms with Crippen LogP contribution in [0, 0.1) is 0 Å². The minimum absolute atomic E-state index is 0.269. The number of aliphatic imine (C=N–C) groups is 1. The summed E-state index contributed by atoms with van der Waals surface area (Å²) >= 11 is 1.12. The van der Waals surface area contributed by atoms with Crippen LogP contribution in [0.4, 0.5) is 5.69 Å². The number of carboxylic acid groups (broad SMARTS) is 1. The predicted octanol–water partition coefficient (Wildman–Crippen LogP) is 2.50. The fourth-order valence-corrected chi connectivity index (χ4v) is 2.78. The molecule has 0 saturated carbocycles. The van der Waals surface area contributed by atoms with E-state index in [1.807, 2.05) is 0 Å². The minimum Gasteiger partial charge on any atom is -0.872 e. The number of thioether (sulfide) groups is 1. The quantitative estimate of drug-likeness (QED) is 0.814. The van der Waals surface area contributed by atoms with E-state index in [1.54, 1.807) is 36.6 Å². The van der Waals surface area contributed by atoms with Gasteiger partial charge in [-0.2, -0.15) is 0 Å². The number of carboxylic acids is 1. The Morgan fingerprint density at radius 2 is 2.20 bits per heavy atom. The van der Waals surface area contributed by atoms with Crippen LogP contribution >= 0.6 is 11.8 Å². The number of hydrogen-bond donors (Lipinski definition) is 2. The average molecular weight is 355 g/mol. The molecule has 0 radical (unpaired) electrons. The van der Waals surface area contributed by atoms with Crippen molar-refractivity contribution in [2.75, 3.05) is 0 Å². The van der Waals surface area contributed by atoms with Crippen molar-refractivity contribution in [3.05, 3.63) is 65.0 Å². The van der Waals surface area contributed by atoms with E-state index in [4.69, 9.17) is 9.52 Å². The Labute approximate surface area is 146 Å². The number of nitrogens with zero attached hydrogens (tertiary/aromatic N) is 1. The molecule has 2 heterocycles. The molecule has 0 bridgehead atoms. The molecule has 3 rings (SSSR count). The lowest BCUT2D eigenvalue weighted by Gasteiger charge is -2.10. The molecule has 2 N–H and O–H groups in total. The molecule has 2 aromatic rings. The number of carbonyl (C=O) groups excluding carboxylic acids is 1. The number of amides is 1. The van der Waals surface area contributed by atoms with Gasteiger partial charge in [0.1, 0.15) is 5.76 Å². The van der Waals surface area contributed by atoms with E-state index in [9.17, 15) is 14.7 Å². The summed E-state index contributed by atoms with van der Waals surface area (Å²) in [5, 5.41) is 23.4. The summed E-state index contributed by atoms with van der Waals surface area (Å²) in [5.74, 6) is -1.57. The van der Waals surface area contributed by atoms with Gasteiger partial charge in [0.2, 0.25) is 0 Å². The van der Waals surface area contributed by atoms with Gasteiger partial charge in [-0.25, -0.2) is 9.79 Å². The number of amidine groups is 1. The van der Waals surface area contributed by atoms with Crippen LogP contribution in [0.3, 0.4) is 0 Å². The van der Waals surface area contributed by atoms with Gasteiger partial charge in [0.05, 0.1) is 22.4 Å². The average Bonchev–Trinajstić information content (AvgIpc) is 3.17. The summed E-state index contributed by atoms with van der Waals surface area (Å²) < 4.78 is 5.14. The first-order valence-electron chi connectivity index (χ1n) is 7.07. The van der Waals surface area contributed by atoms with Gasteiger partial charge >= 0.3 is 5.97 Å². The van der Waals surface area contributed by atoms with Crippen LogP contribution in [0.25, 0.3) is 6.08 Å². The van der Waals surface area contributed by atoms with Crippen molar-refractivity contribution < 1.29 is 24.2 Å². The summed E-state index contributed by atoms with van der Waals surface area (Å²) in [6.07, 6.45) is 6.57. The van der Waals surface area contributed by atoms with Crippen LogP contribution in [-0.2, 0) is 4.79 Å². The summed E-state index contributed by atoms with van der Waals surface area (Å²) in [4.78, 5) is 27.3. The monoisotopic (exact) mass is 355 g/mol. The fraction of sp³-hybridized carbons (Fsp3) is 0. The van der Waals surface area contributed by atoms with Gasteiger partial charge in [-0.15, -0.1) is 0 Å². The lowest BCUT2D eigenvalue weighted by Crippen LogP contribution is -2.19. The zero-order chi connectivity index (χ0) is 17.8. The molecule has 1 aliphatic heterocycles. The Balaban J connectivity index is 1.74. The normalized spacial score (nSPS) is 17.5. The molecule has 8 heteroatoms. The number of hydrogen-bond acceptors (Lipinski definition) is 6. The fourth-order valence-electron chi connectivity index (χ4n) is 1.99. The first-order valence-corrected chi connectivity index (χ1v) is 7.89. The van der Waals surface area contributed by atoms with Crippen LogP contribution in [0.5, 0.6) is 5.75 Å². The summed E-state index contributed by atoms with van der Waals surface area (Å²) in [6, 6.07) is 7.25. The maximum atomic E-state index is 11.9. The van der Waals surface area contributed by atoms with Crippen molar-refractivity contribution in [3.8, 4) is 5.75 Å². The highest BCUT2D eigenvalue weighted by Crippen LogP contribution is 2.28. The summed E-state index contributed by atoms with van der Waals surface area (Å²) in [6.45, 7) is 0. The first kappa shape index (κ1) is 16.6. The first-order chi connectivity index (χ1) is 12.0. The molecular formula is C17H11N2O5S-. The number of benzene rings is 1. The molecule has 1 fully saturated rings. The van der Waals surface area contributed by atoms with Crippen molar-refractivity contribution in [2.45, 2.75) is 0 Å². The highest BCUT2D eigenvalue weighted by Gasteiger charge is 2.23. The van der Waals surface area contributed by atoms with Crippen molar-refractivity contribution in [1.29, 1.82) is 0 Å². The summed E-state index contributed by atoms with van der Waals surface area (Å²) in [5.41, 5.74) is -0.0547. The zero-order valence-corrected chi connectivity index (χ0v) is 13.4. The van der Waals surface area contributed by atoms with Crippen LogP contribution in [0.1, 0.15) is 16.1 Å². The topological polar surface area (TPSA) is 115 Å². The number of carbonyl (C=O) groups is 2. The van der Waals surface area contributed by atoms with E-state index in [0.29, 0.717) is 15.8 Å². The SMILES string of the molecule is O=C1NC(=Nc2ccc(C(=O)O)c([O-])c2)S/C1=C\C=C\c1ccco1. The van der Waals surface area contributed by atoms with Crippen molar-refractivity contribution in [2.24, 2.45) is 4.99 Å². The van der Waals surface area contributed by atoms with Crippen LogP contribution in [-0.4, -0.2) is 22.2 Å². The Bertz CT molecular complexity index is 913. The van der Waals surface area contributed by atoms with E-state index in [1.165, 1.54) is 12.1 Å². The van der Waals surface area contributed by atoms with E-state index < -0.39 is 11.7 Å². The molecule has 1 aromatic carbocycles. The molecule has 0 atom stereocenters. The van der Waals surface area contributed by atoms with E-state index in [2.05, 4.69) is 10.3 Å². The molecule has 1 saturated heterocycles. The second-order valence-electron chi connectivity index (χ2n) is 4.86. The van der Waals surface area contributed by atoms with Crippen LogP contribution in [0.2, 0.25) is 0 Å². The van der Waals surface area contributed by atoms with Gasteiger partial charge in [0.15, 0.2) is 5.17 Å². The second kappa shape index (κ2) is 7.10. The lowest BCUT2D eigenvalue weighted by atomic mass is 10.2. The third-order valence-corrected chi connectivity index (χ3v) is 4.06. The molecule has 1 aromatic heterocycles. The standard InChI is InChI=1S/C17H12N2O5S/c20-13-9-10(6-7-12(13)16(22)23)18-17-19-15(21)14(25-17)5-1-3-11-4-2-8-24-11/h1-9,20H,(H,22,23)(H,18,19,21)/p-1/b3-1+,14-5-. The number of furan rings is 1. The Morgan fingerprint density at radius 1 is 1.36 bits per heavy atom. The predicted molar refractivity (Wildman–Crippen MR) is 91.5 cm³/mol. The lowest BCUT2D eigenvalue weighted by molar-refractivity contribution is -0.268. The molecule has 0 unspecified atom stereocenters. The maximum Gasteiger partial charge on any atom is 0.335 e. The Hall–Kier alpha value is -3.26. The summed E-state index contributed by atoms with van der Waals surface area (Å²) in [7, 11) is 0. The van der Waals surface area contributed by atoms with Crippen molar-refractivity contribution in [1.82, 2.24) is 5.32 Å². The third kappa shape index (κ3) is 3.99. The van der Waals surface area contributed by atoms with Gasteiger partial charge in [0, 0.05) is 0 Å². The third-order valence-electron chi connectivity index (χ3n) is 3.13. The van der Waals surface area contributed by atoms with E-state index >= 15 is 0 Å². The molecule has 7 nitrogen and oxygen atoms in total. The minimum atomic E-state index is -1.29. The van der Waals surface area contributed by atoms with Gasteiger partial charge < -0.3 is 19.9 Å². The number of nitrogens with one attached hydrogen (secondary N) is 1. The number of aromatic carboxylic acids is 1. The van der Waals surface area contributed by atoms with Gasteiger partial charge in [-0.1, -0.05) is 11.8 Å². The highest BCUT2D eigenvalue weighted by atomic mass is 32.2. The van der Waals surface area contributed by atoms with Crippen LogP contribution < -0.4 is 10.4 Å². The highest BCUT2D eigenvalue weighted by molar-refractivity contribution is 8.18. The van der Waals surface area contributed by atoms with Crippen LogP contribution in [0.15, 0.2) is 63.1 Å². The van der Waals surface area contributed by atoms with Gasteiger partial charge in [-0.3, -0.25) is 4.79 Å². The van der Waals surface area contributed by atoms with Crippen molar-refractivity contribution >= 4 is 40.6 Å². The number of allylic oxidation sites excluding steroid dienone is 2.